The third-order valence-corrected chi connectivity index (χ3v) is 7.84. The minimum Gasteiger partial charge on any atom is -0.397 e. The summed E-state index contributed by atoms with van der Waals surface area (Å²) in [6.45, 7) is 2.00. The molecule has 0 spiro atoms. The lowest BCUT2D eigenvalue weighted by molar-refractivity contribution is 0.102. The van der Waals surface area contributed by atoms with Gasteiger partial charge in [0.15, 0.2) is 0 Å². The summed E-state index contributed by atoms with van der Waals surface area (Å²) in [6, 6.07) is 18.8. The Balaban J connectivity index is 1.27. The van der Waals surface area contributed by atoms with Crippen LogP contribution in [0.15, 0.2) is 72.2 Å². The molecule has 8 heteroatoms. The number of thiazole rings is 1. The molecule has 0 aliphatic heterocycles. The number of anilines is 2. The molecule has 1 aliphatic rings. The van der Waals surface area contributed by atoms with Crippen LogP contribution in [0.1, 0.15) is 39.5 Å². The molecule has 0 bridgehead atoms. The Hall–Kier alpha value is -3.68. The number of aromatic nitrogens is 3. The molecule has 3 N–H and O–H groups in total. The third-order valence-electron chi connectivity index (χ3n) is 6.57. The van der Waals surface area contributed by atoms with Crippen LogP contribution in [0.5, 0.6) is 0 Å². The van der Waals surface area contributed by atoms with Crippen LogP contribution in [0.2, 0.25) is 5.02 Å². The van der Waals surface area contributed by atoms with Gasteiger partial charge in [-0.2, -0.15) is 0 Å². The second-order valence-corrected chi connectivity index (χ2v) is 10.2. The molecule has 2 aromatic carbocycles. The van der Waals surface area contributed by atoms with Gasteiger partial charge in [-0.3, -0.25) is 9.20 Å². The molecule has 6 rings (SSSR count). The van der Waals surface area contributed by atoms with Gasteiger partial charge in [0.2, 0.25) is 0 Å². The Morgan fingerprint density at radius 3 is 2.60 bits per heavy atom. The number of hydrogen-bond donors (Lipinski definition) is 2. The summed E-state index contributed by atoms with van der Waals surface area (Å²) < 4.78 is 2.00. The lowest BCUT2D eigenvalue weighted by Crippen LogP contribution is -2.14. The number of aryl methyl sites for hydroxylation is 1. The van der Waals surface area contributed by atoms with Gasteiger partial charge in [0.1, 0.15) is 16.3 Å². The molecule has 0 radical (unpaired) electrons. The third kappa shape index (κ3) is 3.77. The van der Waals surface area contributed by atoms with Crippen molar-refractivity contribution in [1.29, 1.82) is 0 Å². The highest BCUT2D eigenvalue weighted by Crippen LogP contribution is 2.54. The number of carbonyl (C=O) groups is 1. The van der Waals surface area contributed by atoms with E-state index in [2.05, 4.69) is 15.7 Å². The van der Waals surface area contributed by atoms with Crippen LogP contribution in [0.25, 0.3) is 17.0 Å². The summed E-state index contributed by atoms with van der Waals surface area (Å²) in [7, 11) is 0. The first-order valence-corrected chi connectivity index (χ1v) is 12.6. The van der Waals surface area contributed by atoms with E-state index in [9.17, 15) is 4.79 Å². The molecular weight excluding hydrogens is 478 g/mol. The van der Waals surface area contributed by atoms with Crippen molar-refractivity contribution in [2.75, 3.05) is 11.1 Å². The molecule has 0 atom stereocenters. The standard InChI is InChI=1S/C27H22ClN5OS/c1-16-24(33-14-19(28)10-11-23(33)30-16)22-15-35-26(32-22)27(12-13-27)18-8-6-17(7-9-18)25(34)31-21-5-3-2-4-20(21)29/h2-11,14-15H,12-13,29H2,1H3,(H,31,34). The number of nitrogen functional groups attached to an aromatic ring is 1. The molecule has 6 nitrogen and oxygen atoms in total. The van der Waals surface area contributed by atoms with Crippen LogP contribution in [0.4, 0.5) is 11.4 Å². The van der Waals surface area contributed by atoms with E-state index in [1.807, 2.05) is 66.1 Å². The van der Waals surface area contributed by atoms with Crippen molar-refractivity contribution in [3.05, 3.63) is 99.1 Å². The van der Waals surface area contributed by atoms with E-state index < -0.39 is 0 Å². The van der Waals surface area contributed by atoms with E-state index in [4.69, 9.17) is 22.3 Å². The minimum atomic E-state index is -0.183. The van der Waals surface area contributed by atoms with Crippen molar-refractivity contribution in [2.24, 2.45) is 0 Å². The second-order valence-electron chi connectivity index (χ2n) is 8.86. The minimum absolute atomic E-state index is 0.103. The molecular formula is C27H22ClN5OS. The Morgan fingerprint density at radius 2 is 1.86 bits per heavy atom. The van der Waals surface area contributed by atoms with Gasteiger partial charge in [-0.15, -0.1) is 11.3 Å². The first-order chi connectivity index (χ1) is 16.9. The van der Waals surface area contributed by atoms with Crippen LogP contribution >= 0.6 is 22.9 Å². The Bertz CT molecular complexity index is 1580. The Morgan fingerprint density at radius 1 is 1.09 bits per heavy atom. The van der Waals surface area contributed by atoms with Crippen molar-refractivity contribution < 1.29 is 4.79 Å². The maximum absolute atomic E-state index is 12.7. The number of imidazole rings is 1. The molecule has 3 heterocycles. The van der Waals surface area contributed by atoms with Gasteiger partial charge < -0.3 is 11.1 Å². The second kappa shape index (κ2) is 8.22. The first-order valence-electron chi connectivity index (χ1n) is 11.3. The van der Waals surface area contributed by atoms with E-state index in [0.29, 0.717) is 22.0 Å². The molecule has 0 unspecified atom stereocenters. The van der Waals surface area contributed by atoms with Gasteiger partial charge in [0.25, 0.3) is 5.91 Å². The van der Waals surface area contributed by atoms with Crippen LogP contribution in [0, 0.1) is 6.92 Å². The van der Waals surface area contributed by atoms with Crippen LogP contribution in [-0.4, -0.2) is 20.3 Å². The molecule has 0 saturated heterocycles. The van der Waals surface area contributed by atoms with E-state index in [-0.39, 0.29) is 11.3 Å². The predicted molar refractivity (Wildman–Crippen MR) is 141 cm³/mol. The predicted octanol–water partition coefficient (Wildman–Crippen LogP) is 6.33. The number of hydrogen-bond acceptors (Lipinski definition) is 5. The van der Waals surface area contributed by atoms with Gasteiger partial charge in [-0.25, -0.2) is 9.97 Å². The van der Waals surface area contributed by atoms with Crippen molar-refractivity contribution in [2.45, 2.75) is 25.2 Å². The fraction of sp³-hybridized carbons (Fsp3) is 0.148. The number of nitrogens with zero attached hydrogens (tertiary/aromatic N) is 3. The van der Waals surface area contributed by atoms with Crippen LogP contribution in [0.3, 0.4) is 0 Å². The monoisotopic (exact) mass is 499 g/mol. The number of carbonyl (C=O) groups excluding carboxylic acids is 1. The quantitative estimate of drug-likeness (QED) is 0.276. The van der Waals surface area contributed by atoms with Crippen molar-refractivity contribution in [3.63, 3.8) is 0 Å². The summed E-state index contributed by atoms with van der Waals surface area (Å²) in [5.41, 5.74) is 12.4. The lowest BCUT2D eigenvalue weighted by atomic mass is 9.95. The number of para-hydroxylation sites is 2. The number of rotatable bonds is 5. The molecule has 1 aliphatic carbocycles. The largest absolute Gasteiger partial charge is 0.397 e. The number of amides is 1. The fourth-order valence-corrected chi connectivity index (χ4v) is 5.79. The zero-order chi connectivity index (χ0) is 24.2. The van der Waals surface area contributed by atoms with Crippen molar-refractivity contribution >= 4 is 45.9 Å². The number of benzene rings is 2. The molecule has 35 heavy (non-hydrogen) atoms. The average molecular weight is 500 g/mol. The molecule has 3 aromatic heterocycles. The average Bonchev–Trinajstić information content (AvgIpc) is 3.41. The van der Waals surface area contributed by atoms with Crippen molar-refractivity contribution in [1.82, 2.24) is 14.4 Å². The van der Waals surface area contributed by atoms with E-state index in [1.165, 1.54) is 5.56 Å². The maximum atomic E-state index is 12.7. The Labute approximate surface area is 211 Å². The van der Waals surface area contributed by atoms with E-state index in [1.54, 1.807) is 23.5 Å². The molecule has 1 amide bonds. The molecule has 1 saturated carbocycles. The summed E-state index contributed by atoms with van der Waals surface area (Å²) in [6.07, 6.45) is 3.94. The highest BCUT2D eigenvalue weighted by Gasteiger charge is 2.48. The normalized spacial score (nSPS) is 14.2. The fourth-order valence-electron chi connectivity index (χ4n) is 4.54. The molecule has 1 fully saturated rings. The van der Waals surface area contributed by atoms with Gasteiger partial charge in [-0.05, 0) is 61.7 Å². The highest BCUT2D eigenvalue weighted by molar-refractivity contribution is 7.10. The zero-order valence-electron chi connectivity index (χ0n) is 19.0. The van der Waals surface area contributed by atoms with Gasteiger partial charge in [0.05, 0.1) is 27.8 Å². The number of nitrogens with one attached hydrogen (secondary N) is 1. The summed E-state index contributed by atoms with van der Waals surface area (Å²) in [4.78, 5) is 22.4. The number of fused-ring (bicyclic) bond motifs is 1. The summed E-state index contributed by atoms with van der Waals surface area (Å²) in [5, 5.41) is 6.72. The van der Waals surface area contributed by atoms with Gasteiger partial charge in [0, 0.05) is 22.6 Å². The topological polar surface area (TPSA) is 85.3 Å². The Kier molecular flexibility index (Phi) is 5.12. The lowest BCUT2D eigenvalue weighted by Gasteiger charge is -2.14. The first kappa shape index (κ1) is 21.8. The SMILES string of the molecule is Cc1nc2ccc(Cl)cn2c1-c1csc(C2(c3ccc(C(=O)Nc4ccccc4N)cc3)CC2)n1. The summed E-state index contributed by atoms with van der Waals surface area (Å²) >= 11 is 7.91. The number of halogens is 1. The number of pyridine rings is 1. The summed E-state index contributed by atoms with van der Waals surface area (Å²) in [5.74, 6) is -0.183. The van der Waals surface area contributed by atoms with E-state index >= 15 is 0 Å². The van der Waals surface area contributed by atoms with Gasteiger partial charge >= 0.3 is 0 Å². The molecule has 174 valence electrons. The highest BCUT2D eigenvalue weighted by atomic mass is 35.5. The van der Waals surface area contributed by atoms with Crippen LogP contribution in [-0.2, 0) is 5.41 Å². The maximum Gasteiger partial charge on any atom is 0.255 e. The smallest absolute Gasteiger partial charge is 0.255 e. The molecule has 5 aromatic rings. The van der Waals surface area contributed by atoms with Crippen molar-refractivity contribution in [3.8, 4) is 11.4 Å². The van der Waals surface area contributed by atoms with Crippen LogP contribution < -0.4 is 11.1 Å². The zero-order valence-corrected chi connectivity index (χ0v) is 20.5. The number of nitrogens with two attached hydrogens (primary N) is 1. The van der Waals surface area contributed by atoms with E-state index in [0.717, 1.165) is 40.6 Å². The van der Waals surface area contributed by atoms with Gasteiger partial charge in [-0.1, -0.05) is 35.9 Å².